The molecule has 19 heteroatoms. The summed E-state index contributed by atoms with van der Waals surface area (Å²) in [7, 11) is 0. The highest BCUT2D eigenvalue weighted by atomic mass is 19.4. The van der Waals surface area contributed by atoms with Crippen LogP contribution in [0.2, 0.25) is 0 Å². The fraction of sp³-hybridized carbons (Fsp3) is 0.576. The molecule has 16 nitrogen and oxygen atoms in total. The molecule has 2 aliphatic rings. The Labute approximate surface area is 297 Å². The van der Waals surface area contributed by atoms with Gasteiger partial charge in [0.25, 0.3) is 5.91 Å². The number of nitrogens with one attached hydrogen (secondary N) is 2. The zero-order chi connectivity index (χ0) is 38.2. The van der Waals surface area contributed by atoms with E-state index in [4.69, 9.17) is 9.05 Å². The van der Waals surface area contributed by atoms with Crippen molar-refractivity contribution >= 4 is 35.4 Å². The normalized spacial score (nSPS) is 18.3. The fourth-order valence-corrected chi connectivity index (χ4v) is 5.80. The van der Waals surface area contributed by atoms with Crippen LogP contribution in [0.25, 0.3) is 0 Å². The number of pyridine rings is 1. The van der Waals surface area contributed by atoms with Crippen LogP contribution in [-0.2, 0) is 26.6 Å². The highest BCUT2D eigenvalue weighted by Crippen LogP contribution is 2.34. The van der Waals surface area contributed by atoms with Gasteiger partial charge in [0.05, 0.1) is 42.6 Å². The monoisotopic (exact) mass is 735 g/mol. The molecule has 2 aliphatic heterocycles. The van der Waals surface area contributed by atoms with Crippen molar-refractivity contribution < 1.29 is 46.8 Å². The van der Waals surface area contributed by atoms with Crippen LogP contribution in [0.5, 0.6) is 0 Å². The van der Waals surface area contributed by atoms with Crippen molar-refractivity contribution in [1.82, 2.24) is 30.3 Å². The maximum atomic E-state index is 14.1. The number of halogens is 3. The summed E-state index contributed by atoms with van der Waals surface area (Å²) in [6, 6.07) is 3.92. The first-order valence-electron chi connectivity index (χ1n) is 16.7. The Hall–Kier alpha value is -4.59. The van der Waals surface area contributed by atoms with E-state index < -0.39 is 51.9 Å². The van der Waals surface area contributed by atoms with Gasteiger partial charge in [0.2, 0.25) is 17.7 Å². The molecule has 52 heavy (non-hydrogen) atoms. The van der Waals surface area contributed by atoms with Crippen LogP contribution in [0, 0.1) is 5.92 Å². The van der Waals surface area contributed by atoms with Crippen LogP contribution in [0.4, 0.5) is 35.6 Å². The molecule has 4 N–H and O–H groups in total. The molecule has 3 aromatic heterocycles. The van der Waals surface area contributed by atoms with Gasteiger partial charge in [0.15, 0.2) is 5.82 Å². The van der Waals surface area contributed by atoms with E-state index in [1.165, 1.54) is 6.07 Å². The van der Waals surface area contributed by atoms with Crippen molar-refractivity contribution in [2.24, 2.45) is 5.92 Å². The number of aromatic nitrogens is 3. The van der Waals surface area contributed by atoms with Crippen molar-refractivity contribution in [2.75, 3.05) is 55.0 Å². The molecule has 5 rings (SSSR count). The van der Waals surface area contributed by atoms with Crippen LogP contribution in [0.1, 0.15) is 71.3 Å². The van der Waals surface area contributed by atoms with E-state index >= 15 is 0 Å². The lowest BCUT2D eigenvalue weighted by atomic mass is 9.91. The number of hydrogen-bond acceptors (Lipinski definition) is 12. The number of urea groups is 1. The molecular formula is C33H44F3N9O7. The van der Waals surface area contributed by atoms with E-state index in [1.54, 1.807) is 47.6 Å². The Morgan fingerprint density at radius 2 is 1.48 bits per heavy atom. The van der Waals surface area contributed by atoms with Crippen LogP contribution in [0.3, 0.4) is 0 Å². The third-order valence-electron chi connectivity index (χ3n) is 9.39. The largest absolute Gasteiger partial charge is 0.417 e. The Bertz CT molecular complexity index is 1760. The average molecular weight is 736 g/mol. The summed E-state index contributed by atoms with van der Waals surface area (Å²) in [6.45, 7) is 10.8. The van der Waals surface area contributed by atoms with Gasteiger partial charge >= 0.3 is 12.2 Å². The molecule has 0 spiro atoms. The number of nitrogens with zero attached hydrogens (tertiary/aromatic N) is 7. The molecule has 3 aromatic rings. The Morgan fingerprint density at radius 3 is 2.02 bits per heavy atom. The predicted octanol–water partition coefficient (Wildman–Crippen LogP) is 3.76. The summed E-state index contributed by atoms with van der Waals surface area (Å²) in [5.41, 5.74) is -2.85. The number of anilines is 3. The van der Waals surface area contributed by atoms with Gasteiger partial charge in [0.1, 0.15) is 5.54 Å². The topological polar surface area (TPSA) is 194 Å². The summed E-state index contributed by atoms with van der Waals surface area (Å²) in [6.07, 6.45) is -2.58. The van der Waals surface area contributed by atoms with E-state index in [-0.39, 0.29) is 43.9 Å². The number of hydrogen-bond donors (Lipinski definition) is 4. The first-order chi connectivity index (χ1) is 24.3. The SMILES string of the molecule is CC(C)(CO)c1cc(NC(=O)N2CC(CN3CCCCN3C(C)(C)C(=O)Nc3cc(C(C)(C)CO)no3)C(=O)N2c2ccc(C(F)(F)F)cn2)on1. The molecule has 0 aliphatic carbocycles. The summed E-state index contributed by atoms with van der Waals surface area (Å²) in [4.78, 5) is 45.3. The summed E-state index contributed by atoms with van der Waals surface area (Å²) in [5, 5.41) is 38.2. The molecule has 1 unspecified atom stereocenters. The van der Waals surface area contributed by atoms with Gasteiger partial charge in [-0.05, 0) is 38.8 Å². The standard InChI is InChI=1S/C33H44F3N9O7/c1-30(2,18-46)22-13-25(51-40-22)38-28(49)32(5,6)44-12-8-7-11-42(44)16-20-17-43(29(50)39-26-14-23(41-52-26)31(3,4)19-47)45(27(20)48)24-10-9-21(15-37-24)33(34,35)36/h9-10,13-15,20,46-47H,7-8,11-12,16-19H2,1-6H3,(H,38,49)(H,39,50). The average Bonchev–Trinajstić information content (AvgIpc) is 3.85. The molecule has 0 radical (unpaired) electrons. The summed E-state index contributed by atoms with van der Waals surface area (Å²) < 4.78 is 50.6. The Kier molecular flexibility index (Phi) is 10.7. The molecule has 2 saturated heterocycles. The minimum absolute atomic E-state index is 0.0603. The van der Waals surface area contributed by atoms with Gasteiger partial charge in [-0.25, -0.2) is 24.8 Å². The Balaban J connectivity index is 1.37. The minimum Gasteiger partial charge on any atom is -0.395 e. The van der Waals surface area contributed by atoms with Crippen molar-refractivity contribution in [3.63, 3.8) is 0 Å². The quantitative estimate of drug-likeness (QED) is 0.223. The number of carbonyl (C=O) groups is 3. The van der Waals surface area contributed by atoms with Gasteiger partial charge in [-0.2, -0.15) is 18.2 Å². The van der Waals surface area contributed by atoms with Gasteiger partial charge in [0, 0.05) is 48.8 Å². The summed E-state index contributed by atoms with van der Waals surface area (Å²) >= 11 is 0. The summed E-state index contributed by atoms with van der Waals surface area (Å²) in [5.74, 6) is -2.09. The van der Waals surface area contributed by atoms with E-state index in [0.29, 0.717) is 30.7 Å². The molecular weight excluding hydrogens is 691 g/mol. The van der Waals surface area contributed by atoms with Crippen molar-refractivity contribution in [1.29, 1.82) is 0 Å². The molecule has 5 heterocycles. The smallest absolute Gasteiger partial charge is 0.395 e. The number of aliphatic hydroxyl groups is 2. The fourth-order valence-electron chi connectivity index (χ4n) is 5.80. The molecule has 0 saturated carbocycles. The second kappa shape index (κ2) is 14.4. The molecule has 0 bridgehead atoms. The number of carbonyl (C=O) groups excluding carboxylic acids is 3. The lowest BCUT2D eigenvalue weighted by Crippen LogP contribution is -2.62. The minimum atomic E-state index is -4.67. The van der Waals surface area contributed by atoms with E-state index in [2.05, 4.69) is 25.9 Å². The molecule has 0 aromatic carbocycles. The maximum Gasteiger partial charge on any atom is 0.417 e. The molecule has 284 valence electrons. The number of amides is 4. The zero-order valence-corrected chi connectivity index (χ0v) is 29.8. The van der Waals surface area contributed by atoms with Crippen molar-refractivity contribution in [2.45, 2.75) is 76.9 Å². The Morgan fingerprint density at radius 1 is 0.904 bits per heavy atom. The molecule has 4 amide bonds. The van der Waals surface area contributed by atoms with Gasteiger partial charge in [-0.15, -0.1) is 0 Å². The third-order valence-corrected chi connectivity index (χ3v) is 9.39. The van der Waals surface area contributed by atoms with E-state index in [1.807, 2.05) is 10.0 Å². The first-order valence-corrected chi connectivity index (χ1v) is 16.7. The predicted molar refractivity (Wildman–Crippen MR) is 179 cm³/mol. The van der Waals surface area contributed by atoms with Gasteiger partial charge in [-0.1, -0.05) is 38.0 Å². The maximum absolute atomic E-state index is 14.1. The first kappa shape index (κ1) is 38.6. The van der Waals surface area contributed by atoms with Crippen LogP contribution < -0.4 is 15.6 Å². The second-order valence-corrected chi connectivity index (χ2v) is 14.8. The second-order valence-electron chi connectivity index (χ2n) is 14.8. The van der Waals surface area contributed by atoms with E-state index in [9.17, 15) is 37.8 Å². The molecule has 1 atom stereocenters. The highest BCUT2D eigenvalue weighted by Gasteiger charge is 2.47. The van der Waals surface area contributed by atoms with Gasteiger partial charge < -0.3 is 19.3 Å². The number of rotatable bonds is 11. The van der Waals surface area contributed by atoms with Gasteiger partial charge in [-0.3, -0.25) is 20.2 Å². The number of hydrazine groups is 2. The van der Waals surface area contributed by atoms with E-state index in [0.717, 1.165) is 35.0 Å². The number of aliphatic hydroxyl groups excluding tert-OH is 2. The number of alkyl halides is 3. The van der Waals surface area contributed by atoms with Crippen LogP contribution >= 0.6 is 0 Å². The highest BCUT2D eigenvalue weighted by molar-refractivity contribution is 6.02. The van der Waals surface area contributed by atoms with Crippen LogP contribution in [0.15, 0.2) is 39.5 Å². The lowest BCUT2D eigenvalue weighted by molar-refractivity contribution is -0.154. The zero-order valence-electron chi connectivity index (χ0n) is 29.8. The third kappa shape index (κ3) is 7.91. The molecule has 2 fully saturated rings. The lowest BCUT2D eigenvalue weighted by Gasteiger charge is -2.47. The van der Waals surface area contributed by atoms with Crippen molar-refractivity contribution in [3.8, 4) is 0 Å². The van der Waals surface area contributed by atoms with Crippen molar-refractivity contribution in [3.05, 3.63) is 47.4 Å². The van der Waals surface area contributed by atoms with Crippen LogP contribution in [-0.4, -0.2) is 103 Å².